The molecule has 0 aromatic carbocycles. The van der Waals surface area contributed by atoms with Crippen LogP contribution in [0.5, 0.6) is 0 Å². The molecule has 0 aliphatic carbocycles. The van der Waals surface area contributed by atoms with Gasteiger partial charge in [0.15, 0.2) is 0 Å². The molecule has 3 nitrogen and oxygen atoms in total. The molecule has 0 saturated heterocycles. The van der Waals surface area contributed by atoms with Crippen LogP contribution in [0.1, 0.15) is 6.42 Å². The lowest BCUT2D eigenvalue weighted by molar-refractivity contribution is -0.138. The predicted molar refractivity (Wildman–Crippen MR) is 41.3 cm³/mol. The summed E-state index contributed by atoms with van der Waals surface area (Å²) in [5.41, 5.74) is 0. The normalized spacial score (nSPS) is 12.5. The fourth-order valence-electron chi connectivity index (χ4n) is 0.903. The van der Waals surface area contributed by atoms with Crippen molar-refractivity contribution in [1.82, 2.24) is 4.90 Å². The van der Waals surface area contributed by atoms with E-state index in [4.69, 9.17) is 10.2 Å². The van der Waals surface area contributed by atoms with Crippen LogP contribution in [0.15, 0.2) is 0 Å². The van der Waals surface area contributed by atoms with Crippen molar-refractivity contribution in [2.45, 2.75) is 12.6 Å². The first-order valence-corrected chi connectivity index (χ1v) is 4.00. The summed E-state index contributed by atoms with van der Waals surface area (Å²) in [4.78, 5) is 1.37. The first-order valence-electron chi connectivity index (χ1n) is 4.00. The summed E-state index contributed by atoms with van der Waals surface area (Å²) in [6, 6.07) is 0. The molecule has 13 heavy (non-hydrogen) atoms. The smallest absolute Gasteiger partial charge is 0.390 e. The van der Waals surface area contributed by atoms with Crippen molar-refractivity contribution < 1.29 is 23.4 Å². The van der Waals surface area contributed by atoms with E-state index in [2.05, 4.69) is 0 Å². The Hall–Kier alpha value is -0.330. The zero-order chi connectivity index (χ0) is 10.3. The van der Waals surface area contributed by atoms with Crippen molar-refractivity contribution in [3.05, 3.63) is 0 Å². The molecule has 80 valence electrons. The molecule has 0 radical (unpaired) electrons. The lowest BCUT2D eigenvalue weighted by Gasteiger charge is -2.20. The summed E-state index contributed by atoms with van der Waals surface area (Å²) in [5, 5.41) is 17.0. The van der Waals surface area contributed by atoms with Crippen molar-refractivity contribution in [3.63, 3.8) is 0 Å². The second kappa shape index (κ2) is 6.17. The number of rotatable bonds is 6. The van der Waals surface area contributed by atoms with E-state index in [1.807, 2.05) is 0 Å². The van der Waals surface area contributed by atoms with Crippen molar-refractivity contribution in [3.8, 4) is 0 Å². The highest BCUT2D eigenvalue weighted by atomic mass is 19.4. The Morgan fingerprint density at radius 2 is 1.38 bits per heavy atom. The van der Waals surface area contributed by atoms with Crippen LogP contribution in [0.2, 0.25) is 0 Å². The zero-order valence-corrected chi connectivity index (χ0v) is 7.22. The molecule has 0 heterocycles. The second-order valence-corrected chi connectivity index (χ2v) is 2.65. The zero-order valence-electron chi connectivity index (χ0n) is 7.22. The van der Waals surface area contributed by atoms with Crippen molar-refractivity contribution in [1.29, 1.82) is 0 Å². The average molecular weight is 201 g/mol. The maximum atomic E-state index is 11.7. The topological polar surface area (TPSA) is 43.7 Å². The fourth-order valence-corrected chi connectivity index (χ4v) is 0.903. The maximum Gasteiger partial charge on any atom is 0.390 e. The molecule has 0 atom stereocenters. The van der Waals surface area contributed by atoms with E-state index in [-0.39, 0.29) is 32.8 Å². The number of halogens is 3. The van der Waals surface area contributed by atoms with E-state index >= 15 is 0 Å². The second-order valence-electron chi connectivity index (χ2n) is 2.65. The van der Waals surface area contributed by atoms with Crippen LogP contribution in [0.4, 0.5) is 13.2 Å². The van der Waals surface area contributed by atoms with Crippen LogP contribution >= 0.6 is 0 Å². The van der Waals surface area contributed by atoms with E-state index in [1.54, 1.807) is 0 Å². The third-order valence-corrected chi connectivity index (χ3v) is 1.54. The molecule has 0 amide bonds. The molecule has 0 aliphatic heterocycles. The molecule has 6 heteroatoms. The highest BCUT2D eigenvalue weighted by Crippen LogP contribution is 2.19. The molecule has 0 fully saturated rings. The lowest BCUT2D eigenvalue weighted by Crippen LogP contribution is -2.33. The summed E-state index contributed by atoms with van der Waals surface area (Å²) in [7, 11) is 0. The van der Waals surface area contributed by atoms with Gasteiger partial charge in [0, 0.05) is 19.6 Å². The minimum absolute atomic E-state index is 0.163. The largest absolute Gasteiger partial charge is 0.395 e. The van der Waals surface area contributed by atoms with Crippen molar-refractivity contribution in [2.75, 3.05) is 32.8 Å². The average Bonchev–Trinajstić information content (AvgIpc) is 2.00. The van der Waals surface area contributed by atoms with Gasteiger partial charge in [0.1, 0.15) is 0 Å². The lowest BCUT2D eigenvalue weighted by atomic mass is 10.3. The van der Waals surface area contributed by atoms with Crippen LogP contribution in [-0.4, -0.2) is 54.1 Å². The Morgan fingerprint density at radius 3 is 1.69 bits per heavy atom. The monoisotopic (exact) mass is 201 g/mol. The van der Waals surface area contributed by atoms with E-state index < -0.39 is 12.6 Å². The third kappa shape index (κ3) is 8.01. The quantitative estimate of drug-likeness (QED) is 0.646. The van der Waals surface area contributed by atoms with E-state index in [9.17, 15) is 13.2 Å². The number of aliphatic hydroxyl groups excluding tert-OH is 2. The SMILES string of the molecule is OCCN(CCO)CCC(F)(F)F. The molecular weight excluding hydrogens is 187 g/mol. The number of alkyl halides is 3. The molecule has 0 aromatic heterocycles. The number of hydrogen-bond donors (Lipinski definition) is 2. The number of nitrogens with zero attached hydrogens (tertiary/aromatic N) is 1. The van der Waals surface area contributed by atoms with Crippen LogP contribution < -0.4 is 0 Å². The van der Waals surface area contributed by atoms with Gasteiger partial charge in [0.05, 0.1) is 19.6 Å². The summed E-state index contributed by atoms with van der Waals surface area (Å²) >= 11 is 0. The Bertz CT molecular complexity index is 123. The minimum atomic E-state index is -4.18. The number of aliphatic hydroxyl groups is 2. The van der Waals surface area contributed by atoms with E-state index in [0.29, 0.717) is 0 Å². The van der Waals surface area contributed by atoms with Gasteiger partial charge in [-0.25, -0.2) is 0 Å². The van der Waals surface area contributed by atoms with Gasteiger partial charge in [0.2, 0.25) is 0 Å². The highest BCUT2D eigenvalue weighted by molar-refractivity contribution is 4.60. The van der Waals surface area contributed by atoms with Crippen LogP contribution in [0, 0.1) is 0 Å². The standard InChI is InChI=1S/C7H14F3NO2/c8-7(9,10)1-2-11(3-5-12)4-6-13/h12-13H,1-6H2. The Labute approximate surface area is 74.8 Å². The first-order chi connectivity index (χ1) is 5.99. The maximum absolute atomic E-state index is 11.7. The molecule has 0 saturated carbocycles. The van der Waals surface area contributed by atoms with Gasteiger partial charge in [-0.1, -0.05) is 0 Å². The Morgan fingerprint density at radius 1 is 0.923 bits per heavy atom. The van der Waals surface area contributed by atoms with Crippen molar-refractivity contribution in [2.24, 2.45) is 0 Å². The fraction of sp³-hybridized carbons (Fsp3) is 1.00. The summed E-state index contributed by atoms with van der Waals surface area (Å²) in [5.74, 6) is 0. The van der Waals surface area contributed by atoms with Crippen LogP contribution in [0.25, 0.3) is 0 Å². The van der Waals surface area contributed by atoms with Crippen LogP contribution in [0.3, 0.4) is 0 Å². The molecule has 0 spiro atoms. The van der Waals surface area contributed by atoms with E-state index in [1.165, 1.54) is 4.90 Å². The van der Waals surface area contributed by atoms with Gasteiger partial charge in [0.25, 0.3) is 0 Å². The first kappa shape index (κ1) is 12.7. The third-order valence-electron chi connectivity index (χ3n) is 1.54. The van der Waals surface area contributed by atoms with Gasteiger partial charge in [-0.3, -0.25) is 4.90 Å². The van der Waals surface area contributed by atoms with E-state index in [0.717, 1.165) is 0 Å². The molecule has 2 N–H and O–H groups in total. The van der Waals surface area contributed by atoms with Gasteiger partial charge < -0.3 is 10.2 Å². The van der Waals surface area contributed by atoms with Crippen molar-refractivity contribution >= 4 is 0 Å². The predicted octanol–water partition coefficient (Wildman–Crippen LogP) is 0.225. The molecule has 0 aliphatic rings. The molecule has 0 rings (SSSR count). The van der Waals surface area contributed by atoms with Gasteiger partial charge >= 0.3 is 6.18 Å². The molecule has 0 aromatic rings. The summed E-state index contributed by atoms with van der Waals surface area (Å²) in [6.45, 7) is -0.242. The summed E-state index contributed by atoms with van der Waals surface area (Å²) in [6.07, 6.45) is -5.09. The molecule has 0 bridgehead atoms. The molecular formula is C7H14F3NO2. The van der Waals surface area contributed by atoms with Gasteiger partial charge in [-0.05, 0) is 0 Å². The minimum Gasteiger partial charge on any atom is -0.395 e. The Balaban J connectivity index is 3.68. The van der Waals surface area contributed by atoms with Gasteiger partial charge in [-0.2, -0.15) is 13.2 Å². The number of hydrogen-bond acceptors (Lipinski definition) is 3. The highest BCUT2D eigenvalue weighted by Gasteiger charge is 2.27. The summed E-state index contributed by atoms with van der Waals surface area (Å²) < 4.78 is 35.2. The van der Waals surface area contributed by atoms with Crippen LogP contribution in [-0.2, 0) is 0 Å². The van der Waals surface area contributed by atoms with Gasteiger partial charge in [-0.15, -0.1) is 0 Å². The molecule has 0 unspecified atom stereocenters. The Kier molecular flexibility index (Phi) is 6.02.